The lowest BCUT2D eigenvalue weighted by atomic mass is 9.47. The van der Waals surface area contributed by atoms with Gasteiger partial charge in [-0.2, -0.15) is 0 Å². The van der Waals surface area contributed by atoms with E-state index >= 15 is 0 Å². The number of hydrogen-bond donors (Lipinski definition) is 0. The van der Waals surface area contributed by atoms with E-state index in [1.807, 2.05) is 121 Å². The smallest absolute Gasteiger partial charge is 0.523 e. The minimum absolute atomic E-state index is 0.452. The van der Waals surface area contributed by atoms with Crippen LogP contribution in [-0.2, 0) is 0 Å². The van der Waals surface area contributed by atoms with E-state index in [1.54, 1.807) is 0 Å². The first-order chi connectivity index (χ1) is 20.8. The first-order valence-electron chi connectivity index (χ1n) is 14.0. The third kappa shape index (κ3) is 4.36. The average Bonchev–Trinajstić information content (AvgIpc) is 3.78. The van der Waals surface area contributed by atoms with Gasteiger partial charge in [-0.25, -0.2) is 0 Å². The SMILES string of the molecule is c1ccc(C(C(B2Oc3ccccc3O2)B2Oc3ccccc3O2)N(B2Oc3ccccc3O2)c2ccccc2)cc1. The van der Waals surface area contributed by atoms with Gasteiger partial charge in [0.2, 0.25) is 0 Å². The van der Waals surface area contributed by atoms with Crippen molar-refractivity contribution in [3.8, 4) is 34.5 Å². The molecule has 42 heavy (non-hydrogen) atoms. The lowest BCUT2D eigenvalue weighted by Crippen LogP contribution is -2.57. The van der Waals surface area contributed by atoms with Crippen molar-refractivity contribution in [2.45, 2.75) is 11.8 Å². The zero-order valence-corrected chi connectivity index (χ0v) is 22.5. The van der Waals surface area contributed by atoms with Crippen LogP contribution in [0.3, 0.4) is 0 Å². The average molecular weight is 551 g/mol. The lowest BCUT2D eigenvalue weighted by molar-refractivity contribution is 0.417. The van der Waals surface area contributed by atoms with E-state index in [1.165, 1.54) is 0 Å². The molecular formula is C32H24B3NO6. The minimum Gasteiger partial charge on any atom is -0.523 e. The first kappa shape index (κ1) is 24.7. The topological polar surface area (TPSA) is 58.6 Å². The highest BCUT2D eigenvalue weighted by molar-refractivity contribution is 6.71. The maximum Gasteiger partial charge on any atom is 0.739 e. The Balaban J connectivity index is 1.28. The Hall–Kier alpha value is -5.11. The largest absolute Gasteiger partial charge is 0.739 e. The van der Waals surface area contributed by atoms with Crippen LogP contribution >= 0.6 is 0 Å². The fraction of sp³-hybridized carbons (Fsp3) is 0.0625. The van der Waals surface area contributed by atoms with Gasteiger partial charge < -0.3 is 32.7 Å². The standard InChI is InChI=1S/C32H24B3NO6/c1-3-13-23(14-4-1)31(36(24-15-5-2-6-16-24)35-41-29-21-11-12-22-30(29)42-35)32(33-37-25-17-7-8-18-26(25)38-33)34-39-27-19-9-10-20-28(27)40-34/h1-22,31-32H. The van der Waals surface area contributed by atoms with E-state index in [2.05, 4.69) is 16.9 Å². The molecule has 3 aliphatic rings. The molecule has 1 atom stereocenters. The molecule has 0 bridgehead atoms. The molecule has 10 heteroatoms. The van der Waals surface area contributed by atoms with Crippen LogP contribution < -0.4 is 32.7 Å². The Labute approximate surface area is 245 Å². The number of benzene rings is 5. The molecule has 5 aromatic rings. The van der Waals surface area contributed by atoms with Crippen molar-refractivity contribution in [3.63, 3.8) is 0 Å². The summed E-state index contributed by atoms with van der Waals surface area (Å²) in [4.78, 5) is 2.12. The summed E-state index contributed by atoms with van der Waals surface area (Å²) in [6, 6.07) is 42.9. The van der Waals surface area contributed by atoms with Gasteiger partial charge in [-0.3, -0.25) is 0 Å². The predicted octanol–water partition coefficient (Wildman–Crippen LogP) is 6.52. The molecule has 0 radical (unpaired) electrons. The molecule has 1 unspecified atom stereocenters. The fourth-order valence-corrected chi connectivity index (χ4v) is 5.81. The van der Waals surface area contributed by atoms with Crippen molar-refractivity contribution < 1.29 is 27.9 Å². The lowest BCUT2D eigenvalue weighted by Gasteiger charge is -2.38. The minimum atomic E-state index is -0.787. The number of anilines is 1. The van der Waals surface area contributed by atoms with E-state index in [9.17, 15) is 0 Å². The van der Waals surface area contributed by atoms with Crippen molar-refractivity contribution in [1.29, 1.82) is 0 Å². The Morgan fingerprint density at radius 2 is 0.762 bits per heavy atom. The molecule has 0 aromatic heterocycles. The summed E-state index contributed by atoms with van der Waals surface area (Å²) in [6.45, 7) is 0. The third-order valence-corrected chi connectivity index (χ3v) is 7.69. The fourth-order valence-electron chi connectivity index (χ4n) is 5.81. The summed E-state index contributed by atoms with van der Waals surface area (Å²) >= 11 is 0. The summed E-state index contributed by atoms with van der Waals surface area (Å²) in [5, 5.41) is 0. The molecule has 0 N–H and O–H groups in total. The Bertz CT molecular complexity index is 1580. The van der Waals surface area contributed by atoms with Crippen LogP contribution in [0, 0.1) is 0 Å². The maximum absolute atomic E-state index is 6.50. The van der Waals surface area contributed by atoms with E-state index in [-0.39, 0.29) is 0 Å². The van der Waals surface area contributed by atoms with E-state index in [0.717, 1.165) is 11.3 Å². The normalized spacial score (nSPS) is 14.8. The van der Waals surface area contributed by atoms with Gasteiger partial charge in [0.15, 0.2) is 0 Å². The van der Waals surface area contributed by atoms with Crippen LogP contribution in [0.1, 0.15) is 11.6 Å². The molecule has 0 amide bonds. The van der Waals surface area contributed by atoms with Crippen LogP contribution in [0.5, 0.6) is 34.5 Å². The predicted molar refractivity (Wildman–Crippen MR) is 162 cm³/mol. The monoisotopic (exact) mass is 551 g/mol. The molecule has 3 heterocycles. The second-order valence-electron chi connectivity index (χ2n) is 10.3. The molecule has 8 rings (SSSR count). The van der Waals surface area contributed by atoms with Gasteiger partial charge in [0.1, 0.15) is 40.2 Å². The van der Waals surface area contributed by atoms with Gasteiger partial charge in [0.25, 0.3) is 0 Å². The van der Waals surface area contributed by atoms with Crippen molar-refractivity contribution in [1.82, 2.24) is 0 Å². The molecule has 0 spiro atoms. The summed E-state index contributed by atoms with van der Waals surface area (Å²) < 4.78 is 38.9. The molecule has 0 fully saturated rings. The third-order valence-electron chi connectivity index (χ3n) is 7.69. The number of rotatable bonds is 7. The zero-order valence-electron chi connectivity index (χ0n) is 22.5. The van der Waals surface area contributed by atoms with E-state index in [0.29, 0.717) is 34.5 Å². The summed E-state index contributed by atoms with van der Waals surface area (Å²) in [6.07, 6.45) is 0. The van der Waals surface area contributed by atoms with Gasteiger partial charge >= 0.3 is 21.5 Å². The van der Waals surface area contributed by atoms with Crippen molar-refractivity contribution >= 4 is 27.2 Å². The van der Waals surface area contributed by atoms with Crippen molar-refractivity contribution in [2.24, 2.45) is 0 Å². The molecule has 3 aliphatic heterocycles. The maximum atomic E-state index is 6.50. The number of para-hydroxylation sites is 7. The van der Waals surface area contributed by atoms with Crippen molar-refractivity contribution in [3.05, 3.63) is 139 Å². The Morgan fingerprint density at radius 3 is 1.19 bits per heavy atom. The number of nitrogens with zero attached hydrogens (tertiary/aromatic N) is 1. The van der Waals surface area contributed by atoms with Crippen LogP contribution in [0.2, 0.25) is 5.72 Å². The highest BCUT2D eigenvalue weighted by Gasteiger charge is 2.61. The zero-order chi connectivity index (χ0) is 27.9. The summed E-state index contributed by atoms with van der Waals surface area (Å²) in [5.74, 6) is 4.02. The van der Waals surface area contributed by atoms with Crippen LogP contribution in [0.25, 0.3) is 0 Å². The van der Waals surface area contributed by atoms with E-state index in [4.69, 9.17) is 27.9 Å². The van der Waals surface area contributed by atoms with Gasteiger partial charge in [0.05, 0.1) is 6.04 Å². The number of fused-ring (bicyclic) bond motifs is 3. The first-order valence-corrected chi connectivity index (χ1v) is 14.0. The second-order valence-corrected chi connectivity index (χ2v) is 10.3. The second kappa shape index (κ2) is 10.4. The summed E-state index contributed by atoms with van der Waals surface area (Å²) in [5.41, 5.74) is 1.35. The van der Waals surface area contributed by atoms with Gasteiger partial charge in [-0.15, -0.1) is 0 Å². The van der Waals surface area contributed by atoms with E-state index < -0.39 is 33.2 Å². The molecule has 0 saturated heterocycles. The molecule has 202 valence electrons. The van der Waals surface area contributed by atoms with Crippen molar-refractivity contribution in [2.75, 3.05) is 4.81 Å². The summed E-state index contributed by atoms with van der Waals surface area (Å²) in [7, 11) is -2.28. The molecular weight excluding hydrogens is 527 g/mol. The van der Waals surface area contributed by atoms with Crippen LogP contribution in [0.4, 0.5) is 5.69 Å². The highest BCUT2D eigenvalue weighted by Crippen LogP contribution is 2.49. The number of hydrogen-bond acceptors (Lipinski definition) is 7. The highest BCUT2D eigenvalue weighted by atomic mass is 16.7. The van der Waals surface area contributed by atoms with Gasteiger partial charge in [-0.1, -0.05) is 84.9 Å². The van der Waals surface area contributed by atoms with Crippen LogP contribution in [0.15, 0.2) is 133 Å². The van der Waals surface area contributed by atoms with Gasteiger partial charge in [0, 0.05) is 5.69 Å². The Kier molecular flexibility index (Phi) is 6.10. The molecule has 7 nitrogen and oxygen atoms in total. The molecule has 0 saturated carbocycles. The Morgan fingerprint density at radius 1 is 0.405 bits per heavy atom. The molecule has 5 aromatic carbocycles. The van der Waals surface area contributed by atoms with Crippen LogP contribution in [-0.4, -0.2) is 21.5 Å². The van der Waals surface area contributed by atoms with Gasteiger partial charge in [-0.05, 0) is 54.1 Å². The quantitative estimate of drug-likeness (QED) is 0.214. The molecule has 0 aliphatic carbocycles.